The summed E-state index contributed by atoms with van der Waals surface area (Å²) in [5, 5.41) is 12.6. The van der Waals surface area contributed by atoms with E-state index in [0.29, 0.717) is 16.0 Å². The van der Waals surface area contributed by atoms with Crippen LogP contribution in [0, 0.1) is 6.92 Å². The van der Waals surface area contributed by atoms with Crippen molar-refractivity contribution in [1.29, 1.82) is 0 Å². The lowest BCUT2D eigenvalue weighted by atomic mass is 9.94. The van der Waals surface area contributed by atoms with E-state index in [9.17, 15) is 9.59 Å². The zero-order chi connectivity index (χ0) is 20.6. The van der Waals surface area contributed by atoms with E-state index in [-0.39, 0.29) is 23.4 Å². The van der Waals surface area contributed by atoms with Crippen LogP contribution in [0.5, 0.6) is 0 Å². The number of furan rings is 1. The summed E-state index contributed by atoms with van der Waals surface area (Å²) in [5.41, 5.74) is 1.26. The maximum absolute atomic E-state index is 12.7. The molecule has 8 heteroatoms. The largest absolute Gasteiger partial charge is 0.445 e. The Labute approximate surface area is 171 Å². The summed E-state index contributed by atoms with van der Waals surface area (Å²) in [7, 11) is 0. The van der Waals surface area contributed by atoms with E-state index in [1.54, 1.807) is 12.1 Å². The first-order valence-corrected chi connectivity index (χ1v) is 9.89. The number of aromatic nitrogens is 2. The molecule has 0 atom stereocenters. The van der Waals surface area contributed by atoms with Crippen molar-refractivity contribution in [3.63, 3.8) is 0 Å². The van der Waals surface area contributed by atoms with Crippen molar-refractivity contribution < 1.29 is 14.0 Å². The summed E-state index contributed by atoms with van der Waals surface area (Å²) in [6.07, 6.45) is 0. The second-order valence-electron chi connectivity index (χ2n) is 7.24. The van der Waals surface area contributed by atoms with Crippen molar-refractivity contribution in [2.24, 2.45) is 0 Å². The van der Waals surface area contributed by atoms with Gasteiger partial charge in [0.25, 0.3) is 11.8 Å². The maximum atomic E-state index is 12.7. The second-order valence-corrected chi connectivity index (χ2v) is 8.52. The molecule has 0 aliphatic carbocycles. The first-order valence-electron chi connectivity index (χ1n) is 9.07. The summed E-state index contributed by atoms with van der Waals surface area (Å²) in [5.74, 6) is -0.240. The van der Waals surface area contributed by atoms with E-state index in [2.05, 4.69) is 20.8 Å². The number of hydrogen-bond donors (Lipinski definition) is 3. The van der Waals surface area contributed by atoms with Crippen molar-refractivity contribution in [3.8, 4) is 0 Å². The van der Waals surface area contributed by atoms with Crippen LogP contribution in [0.25, 0.3) is 11.1 Å². The molecule has 4 rings (SSSR count). The van der Waals surface area contributed by atoms with E-state index < -0.39 is 5.54 Å². The van der Waals surface area contributed by atoms with Crippen molar-refractivity contribution in [2.45, 2.75) is 26.3 Å². The molecule has 29 heavy (non-hydrogen) atoms. The van der Waals surface area contributed by atoms with E-state index >= 15 is 0 Å². The van der Waals surface area contributed by atoms with Crippen LogP contribution in [0.3, 0.4) is 0 Å². The lowest BCUT2D eigenvalue weighted by Gasteiger charge is -2.26. The molecule has 4 aromatic rings. The third kappa shape index (κ3) is 3.79. The minimum absolute atomic E-state index is 0.139. The molecule has 7 nitrogen and oxygen atoms in total. The average molecular weight is 408 g/mol. The van der Waals surface area contributed by atoms with Crippen LogP contribution in [-0.4, -0.2) is 22.0 Å². The number of nitrogens with one attached hydrogen (secondary N) is 3. The van der Waals surface area contributed by atoms with Gasteiger partial charge in [0, 0.05) is 10.9 Å². The van der Waals surface area contributed by atoms with E-state index in [1.165, 1.54) is 11.3 Å². The Morgan fingerprint density at radius 3 is 2.55 bits per heavy atom. The van der Waals surface area contributed by atoms with E-state index in [4.69, 9.17) is 4.42 Å². The minimum atomic E-state index is -0.578. The number of carbonyl (C=O) groups excluding carboxylic acids is 2. The third-order valence-electron chi connectivity index (χ3n) is 4.58. The Bertz CT molecular complexity index is 1190. The fourth-order valence-corrected chi connectivity index (χ4v) is 3.77. The van der Waals surface area contributed by atoms with Gasteiger partial charge >= 0.3 is 0 Å². The Morgan fingerprint density at radius 1 is 1.10 bits per heavy atom. The molecule has 0 saturated carbocycles. The summed E-state index contributed by atoms with van der Waals surface area (Å²) >= 11 is 1.39. The minimum Gasteiger partial charge on any atom is -0.445 e. The number of benzene rings is 1. The normalized spacial score (nSPS) is 11.6. The van der Waals surface area contributed by atoms with Gasteiger partial charge in [0.05, 0.1) is 10.4 Å². The molecule has 0 radical (unpaired) electrons. The number of thiophene rings is 1. The highest BCUT2D eigenvalue weighted by Crippen LogP contribution is 2.27. The molecule has 1 aromatic carbocycles. The number of hydrogen-bond acceptors (Lipinski definition) is 5. The molecule has 0 fully saturated rings. The van der Waals surface area contributed by atoms with Crippen molar-refractivity contribution in [1.82, 2.24) is 15.5 Å². The summed E-state index contributed by atoms with van der Waals surface area (Å²) in [6.45, 7) is 5.78. The number of aryl methyl sites for hydroxylation is 1. The fourth-order valence-electron chi connectivity index (χ4n) is 3.01. The highest BCUT2D eigenvalue weighted by molar-refractivity contribution is 7.14. The van der Waals surface area contributed by atoms with Gasteiger partial charge in [0.1, 0.15) is 5.52 Å². The highest BCUT2D eigenvalue weighted by atomic mass is 32.1. The molecule has 0 saturated heterocycles. The second kappa shape index (κ2) is 7.21. The quantitative estimate of drug-likeness (QED) is 0.454. The molecule has 0 aliphatic rings. The van der Waals surface area contributed by atoms with E-state index in [1.807, 2.05) is 57.2 Å². The van der Waals surface area contributed by atoms with Crippen molar-refractivity contribution >= 4 is 40.1 Å². The summed E-state index contributed by atoms with van der Waals surface area (Å²) < 4.78 is 5.71. The highest BCUT2D eigenvalue weighted by Gasteiger charge is 2.26. The smallest absolute Gasteiger partial charge is 0.287 e. The predicted octanol–water partition coefficient (Wildman–Crippen LogP) is 4.44. The monoisotopic (exact) mass is 408 g/mol. The SMILES string of the molecule is Cc1ccc(C(=O)Nc2n[nH]c3cc(C(=O)NC(C)(C)c4ccccc4)oc23)s1. The molecule has 0 bridgehead atoms. The number of carbonyl (C=O) groups is 2. The molecule has 0 unspecified atom stereocenters. The molecule has 3 N–H and O–H groups in total. The molecule has 148 valence electrons. The Hall–Kier alpha value is -3.39. The van der Waals surface area contributed by atoms with Gasteiger partial charge in [-0.2, -0.15) is 5.10 Å². The zero-order valence-electron chi connectivity index (χ0n) is 16.2. The lowest BCUT2D eigenvalue weighted by molar-refractivity contribution is 0.0885. The van der Waals surface area contributed by atoms with Gasteiger partial charge in [-0.05, 0) is 38.5 Å². The first-order chi connectivity index (χ1) is 13.8. The number of anilines is 1. The van der Waals surface area contributed by atoms with Crippen LogP contribution < -0.4 is 10.6 Å². The van der Waals surface area contributed by atoms with Gasteiger partial charge in [-0.25, -0.2) is 0 Å². The van der Waals surface area contributed by atoms with Crippen molar-refractivity contribution in [3.05, 3.63) is 69.6 Å². The third-order valence-corrected chi connectivity index (χ3v) is 5.58. The molecular weight excluding hydrogens is 388 g/mol. The zero-order valence-corrected chi connectivity index (χ0v) is 17.0. The topological polar surface area (TPSA) is 100 Å². The van der Waals surface area contributed by atoms with Crippen LogP contribution in [0.2, 0.25) is 0 Å². The van der Waals surface area contributed by atoms with Gasteiger partial charge in [-0.3, -0.25) is 14.7 Å². The van der Waals surface area contributed by atoms with Crippen LogP contribution >= 0.6 is 11.3 Å². The molecular formula is C21H20N4O3S. The summed E-state index contributed by atoms with van der Waals surface area (Å²) in [4.78, 5) is 26.7. The number of rotatable bonds is 5. The lowest BCUT2D eigenvalue weighted by Crippen LogP contribution is -2.40. The van der Waals surface area contributed by atoms with Crippen LogP contribution in [0.1, 0.15) is 44.5 Å². The molecule has 0 spiro atoms. The van der Waals surface area contributed by atoms with Crippen LogP contribution in [-0.2, 0) is 5.54 Å². The Balaban J connectivity index is 1.54. The number of fused-ring (bicyclic) bond motifs is 1. The van der Waals surface area contributed by atoms with Gasteiger partial charge in [0.15, 0.2) is 17.2 Å². The van der Waals surface area contributed by atoms with Gasteiger partial charge < -0.3 is 15.1 Å². The van der Waals surface area contributed by atoms with Gasteiger partial charge in [-0.15, -0.1) is 11.3 Å². The first kappa shape index (κ1) is 18.9. The number of H-pyrrole nitrogens is 1. The van der Waals surface area contributed by atoms with Crippen molar-refractivity contribution in [2.75, 3.05) is 5.32 Å². The fraction of sp³-hybridized carbons (Fsp3) is 0.190. The van der Waals surface area contributed by atoms with Gasteiger partial charge in [0.2, 0.25) is 0 Å². The Morgan fingerprint density at radius 2 is 1.86 bits per heavy atom. The number of nitrogens with zero attached hydrogens (tertiary/aromatic N) is 1. The number of amides is 2. The molecule has 0 aliphatic heterocycles. The maximum Gasteiger partial charge on any atom is 0.287 e. The standard InChI is InChI=1S/C21H20N4O3S/c1-12-9-10-16(29-12)20(27)22-18-17-14(24-25-18)11-15(28-17)19(26)23-21(2,3)13-7-5-4-6-8-13/h4-11H,1-3H3,(H,23,26)(H2,22,24,25,27). The summed E-state index contributed by atoms with van der Waals surface area (Å²) in [6, 6.07) is 14.9. The Kier molecular flexibility index (Phi) is 4.71. The molecule has 3 heterocycles. The molecule has 3 aromatic heterocycles. The average Bonchev–Trinajstić information content (AvgIpc) is 3.39. The van der Waals surface area contributed by atoms with E-state index in [0.717, 1.165) is 10.4 Å². The predicted molar refractivity (Wildman–Crippen MR) is 112 cm³/mol. The number of aromatic amines is 1. The van der Waals surface area contributed by atoms with Gasteiger partial charge in [-0.1, -0.05) is 30.3 Å². The molecule has 2 amide bonds. The van der Waals surface area contributed by atoms with Crippen LogP contribution in [0.15, 0.2) is 52.9 Å². The van der Waals surface area contributed by atoms with Crippen LogP contribution in [0.4, 0.5) is 5.82 Å².